The van der Waals surface area contributed by atoms with Crippen molar-refractivity contribution >= 4 is 0 Å². The number of rotatable bonds is 4. The molecule has 1 atom stereocenters. The zero-order valence-electron chi connectivity index (χ0n) is 8.90. The van der Waals surface area contributed by atoms with Crippen molar-refractivity contribution in [3.05, 3.63) is 48.6 Å². The molecule has 1 heteroatoms. The first-order chi connectivity index (χ1) is 6.58. The molecule has 14 heavy (non-hydrogen) atoms. The molecule has 1 rings (SSSR count). The fourth-order valence-electron chi connectivity index (χ4n) is 1.57. The van der Waals surface area contributed by atoms with E-state index in [1.54, 1.807) is 0 Å². The van der Waals surface area contributed by atoms with Crippen LogP contribution in [0.25, 0.3) is 0 Å². The molecule has 0 radical (unpaired) electrons. The highest BCUT2D eigenvalue weighted by atomic mass is 16.3. The van der Waals surface area contributed by atoms with E-state index in [0.29, 0.717) is 0 Å². The first-order valence-corrected chi connectivity index (χ1v) is 4.92. The molecular weight excluding hydrogens is 172 g/mol. The predicted molar refractivity (Wildman–Crippen MR) is 60.0 cm³/mol. The third-order valence-corrected chi connectivity index (χ3v) is 2.53. The standard InChI is InChI=1S/C13H18O/c1-4-10-13(2,3)12(14)11-8-6-5-7-9-11/h4-9,12,14H,1,10H2,2-3H3. The van der Waals surface area contributed by atoms with Gasteiger partial charge < -0.3 is 5.11 Å². The fraction of sp³-hybridized carbons (Fsp3) is 0.385. The lowest BCUT2D eigenvalue weighted by Crippen LogP contribution is -2.21. The Hall–Kier alpha value is -1.08. The second kappa shape index (κ2) is 4.43. The molecule has 1 unspecified atom stereocenters. The van der Waals surface area contributed by atoms with Crippen LogP contribution in [0.1, 0.15) is 31.9 Å². The summed E-state index contributed by atoms with van der Waals surface area (Å²) in [6.45, 7) is 7.81. The fourth-order valence-corrected chi connectivity index (χ4v) is 1.57. The highest BCUT2D eigenvalue weighted by Crippen LogP contribution is 2.36. The van der Waals surface area contributed by atoms with Gasteiger partial charge in [-0.1, -0.05) is 50.3 Å². The molecule has 1 aromatic carbocycles. The largest absolute Gasteiger partial charge is 0.388 e. The Morgan fingerprint density at radius 1 is 1.36 bits per heavy atom. The number of benzene rings is 1. The molecule has 0 heterocycles. The topological polar surface area (TPSA) is 20.2 Å². The number of hydrogen-bond donors (Lipinski definition) is 1. The Labute approximate surface area is 86.1 Å². The van der Waals surface area contributed by atoms with Crippen molar-refractivity contribution in [2.24, 2.45) is 5.41 Å². The van der Waals surface area contributed by atoms with Crippen LogP contribution in [0.4, 0.5) is 0 Å². The number of aliphatic hydroxyl groups is 1. The van der Waals surface area contributed by atoms with Crippen LogP contribution in [0.5, 0.6) is 0 Å². The van der Waals surface area contributed by atoms with Gasteiger partial charge in [0.2, 0.25) is 0 Å². The normalized spacial score (nSPS) is 13.6. The maximum absolute atomic E-state index is 10.1. The van der Waals surface area contributed by atoms with E-state index in [1.807, 2.05) is 50.3 Å². The molecule has 0 aliphatic carbocycles. The second-order valence-corrected chi connectivity index (χ2v) is 4.29. The maximum atomic E-state index is 10.1. The molecule has 76 valence electrons. The van der Waals surface area contributed by atoms with Gasteiger partial charge in [-0.15, -0.1) is 6.58 Å². The Morgan fingerprint density at radius 3 is 2.43 bits per heavy atom. The molecule has 0 aromatic heterocycles. The van der Waals surface area contributed by atoms with E-state index in [-0.39, 0.29) is 5.41 Å². The Kier molecular flexibility index (Phi) is 3.48. The van der Waals surface area contributed by atoms with Crippen molar-refractivity contribution < 1.29 is 5.11 Å². The third-order valence-electron chi connectivity index (χ3n) is 2.53. The summed E-state index contributed by atoms with van der Waals surface area (Å²) in [5.74, 6) is 0. The van der Waals surface area contributed by atoms with Gasteiger partial charge in [0.05, 0.1) is 6.10 Å². The SMILES string of the molecule is C=CCC(C)(C)C(O)c1ccccc1. The smallest absolute Gasteiger partial charge is 0.0843 e. The molecular formula is C13H18O. The van der Waals surface area contributed by atoms with Gasteiger partial charge in [0.1, 0.15) is 0 Å². The summed E-state index contributed by atoms with van der Waals surface area (Å²) < 4.78 is 0. The van der Waals surface area contributed by atoms with Crippen molar-refractivity contribution in [3.8, 4) is 0 Å². The van der Waals surface area contributed by atoms with Gasteiger partial charge >= 0.3 is 0 Å². The summed E-state index contributed by atoms with van der Waals surface area (Å²) in [5.41, 5.74) is 0.822. The van der Waals surface area contributed by atoms with E-state index >= 15 is 0 Å². The van der Waals surface area contributed by atoms with Crippen LogP contribution in [0.3, 0.4) is 0 Å². The highest BCUT2D eigenvalue weighted by molar-refractivity contribution is 5.19. The lowest BCUT2D eigenvalue weighted by molar-refractivity contribution is 0.0514. The van der Waals surface area contributed by atoms with Crippen LogP contribution in [0.2, 0.25) is 0 Å². The molecule has 0 amide bonds. The minimum absolute atomic E-state index is 0.150. The summed E-state index contributed by atoms with van der Waals surface area (Å²) in [6.07, 6.45) is 2.23. The molecule has 0 saturated heterocycles. The van der Waals surface area contributed by atoms with Gasteiger partial charge in [-0.25, -0.2) is 0 Å². The molecule has 0 fully saturated rings. The number of allylic oxidation sites excluding steroid dienone is 1. The van der Waals surface area contributed by atoms with E-state index in [9.17, 15) is 5.11 Å². The van der Waals surface area contributed by atoms with Gasteiger partial charge in [-0.2, -0.15) is 0 Å². The molecule has 1 aromatic rings. The van der Waals surface area contributed by atoms with E-state index in [0.717, 1.165) is 12.0 Å². The van der Waals surface area contributed by atoms with Crippen molar-refractivity contribution in [2.75, 3.05) is 0 Å². The van der Waals surface area contributed by atoms with Gasteiger partial charge in [-0.3, -0.25) is 0 Å². The average molecular weight is 190 g/mol. The summed E-state index contributed by atoms with van der Waals surface area (Å²) >= 11 is 0. The quantitative estimate of drug-likeness (QED) is 0.722. The zero-order valence-corrected chi connectivity index (χ0v) is 8.90. The second-order valence-electron chi connectivity index (χ2n) is 4.29. The summed E-state index contributed by atoms with van der Waals surface area (Å²) in [6, 6.07) is 9.76. The summed E-state index contributed by atoms with van der Waals surface area (Å²) in [4.78, 5) is 0. The first kappa shape index (κ1) is 11.0. The van der Waals surface area contributed by atoms with E-state index in [4.69, 9.17) is 0 Å². The van der Waals surface area contributed by atoms with Gasteiger partial charge in [0.15, 0.2) is 0 Å². The van der Waals surface area contributed by atoms with E-state index in [2.05, 4.69) is 6.58 Å². The Morgan fingerprint density at radius 2 is 1.93 bits per heavy atom. The van der Waals surface area contributed by atoms with Gasteiger partial charge in [0, 0.05) is 0 Å². The molecule has 0 saturated carbocycles. The van der Waals surface area contributed by atoms with Crippen LogP contribution in [0.15, 0.2) is 43.0 Å². The number of hydrogen-bond acceptors (Lipinski definition) is 1. The van der Waals surface area contributed by atoms with Crippen molar-refractivity contribution in [1.82, 2.24) is 0 Å². The maximum Gasteiger partial charge on any atom is 0.0843 e. The third kappa shape index (κ3) is 2.46. The zero-order chi connectivity index (χ0) is 10.6. The molecule has 1 nitrogen and oxygen atoms in total. The van der Waals surface area contributed by atoms with Crippen LogP contribution < -0.4 is 0 Å². The van der Waals surface area contributed by atoms with Crippen LogP contribution >= 0.6 is 0 Å². The molecule has 0 spiro atoms. The molecule has 0 aliphatic heterocycles. The lowest BCUT2D eigenvalue weighted by atomic mass is 9.80. The molecule has 1 N–H and O–H groups in total. The monoisotopic (exact) mass is 190 g/mol. The first-order valence-electron chi connectivity index (χ1n) is 4.92. The van der Waals surface area contributed by atoms with Crippen LogP contribution in [0, 0.1) is 5.41 Å². The van der Waals surface area contributed by atoms with Gasteiger partial charge in [-0.05, 0) is 17.4 Å². The van der Waals surface area contributed by atoms with Crippen LogP contribution in [-0.2, 0) is 0 Å². The lowest BCUT2D eigenvalue weighted by Gasteiger charge is -2.29. The Bertz CT molecular complexity index is 287. The summed E-state index contributed by atoms with van der Waals surface area (Å²) in [7, 11) is 0. The highest BCUT2D eigenvalue weighted by Gasteiger charge is 2.27. The van der Waals surface area contributed by atoms with E-state index < -0.39 is 6.10 Å². The summed E-state index contributed by atoms with van der Waals surface area (Å²) in [5, 5.41) is 10.1. The van der Waals surface area contributed by atoms with Crippen molar-refractivity contribution in [3.63, 3.8) is 0 Å². The minimum Gasteiger partial charge on any atom is -0.388 e. The predicted octanol–water partition coefficient (Wildman–Crippen LogP) is 3.32. The molecule has 0 bridgehead atoms. The van der Waals surface area contributed by atoms with Crippen LogP contribution in [-0.4, -0.2) is 5.11 Å². The average Bonchev–Trinajstić information content (AvgIpc) is 2.18. The van der Waals surface area contributed by atoms with Gasteiger partial charge in [0.25, 0.3) is 0 Å². The van der Waals surface area contributed by atoms with E-state index in [1.165, 1.54) is 0 Å². The number of aliphatic hydroxyl groups excluding tert-OH is 1. The minimum atomic E-state index is -0.429. The molecule has 0 aliphatic rings. The Balaban J connectivity index is 2.84. The van der Waals surface area contributed by atoms with Crippen molar-refractivity contribution in [1.29, 1.82) is 0 Å². The van der Waals surface area contributed by atoms with Crippen molar-refractivity contribution in [2.45, 2.75) is 26.4 Å².